The van der Waals surface area contributed by atoms with Gasteiger partial charge in [-0.2, -0.15) is 5.10 Å². The van der Waals surface area contributed by atoms with Crippen LogP contribution in [0.25, 0.3) is 0 Å². The molecule has 2 rings (SSSR count). The molecule has 1 heterocycles. The fourth-order valence-corrected chi connectivity index (χ4v) is 2.00. The van der Waals surface area contributed by atoms with Gasteiger partial charge < -0.3 is 0 Å². The normalized spacial score (nSPS) is 15.5. The Bertz CT molecular complexity index is 514. The fourth-order valence-electron chi connectivity index (χ4n) is 1.88. The maximum Gasteiger partial charge on any atom is 0.253 e. The highest BCUT2D eigenvalue weighted by atomic mass is 35.5. The van der Waals surface area contributed by atoms with E-state index >= 15 is 0 Å². The van der Waals surface area contributed by atoms with Crippen LogP contribution in [0.1, 0.15) is 26.7 Å². The number of nitrogens with zero attached hydrogens (tertiary/aromatic N) is 2. The molecule has 0 unspecified atom stereocenters. The van der Waals surface area contributed by atoms with Crippen LogP contribution in [0.4, 0.5) is 10.1 Å². The first-order valence-electron chi connectivity index (χ1n) is 5.81. The average Bonchev–Trinajstić information content (AvgIpc) is 2.62. The van der Waals surface area contributed by atoms with Crippen molar-refractivity contribution in [1.82, 2.24) is 0 Å². The number of benzene rings is 1. The van der Waals surface area contributed by atoms with E-state index in [1.54, 1.807) is 6.07 Å². The van der Waals surface area contributed by atoms with Crippen molar-refractivity contribution in [3.63, 3.8) is 0 Å². The Hall–Kier alpha value is -1.42. The van der Waals surface area contributed by atoms with Crippen molar-refractivity contribution >= 4 is 28.9 Å². The highest BCUT2D eigenvalue weighted by Gasteiger charge is 2.25. The zero-order valence-corrected chi connectivity index (χ0v) is 11.0. The fraction of sp³-hybridized carbons (Fsp3) is 0.385. The SMILES string of the molecule is CC(C)CC1=NN(c2ccc(Cl)c(F)c2)C(=O)C1. The van der Waals surface area contributed by atoms with E-state index in [0.29, 0.717) is 18.0 Å². The van der Waals surface area contributed by atoms with Gasteiger partial charge in [0, 0.05) is 11.8 Å². The van der Waals surface area contributed by atoms with Crippen LogP contribution in [0.5, 0.6) is 0 Å². The quantitative estimate of drug-likeness (QED) is 0.824. The molecule has 0 spiro atoms. The molecule has 18 heavy (non-hydrogen) atoms. The summed E-state index contributed by atoms with van der Waals surface area (Å²) in [6, 6.07) is 4.24. The zero-order valence-electron chi connectivity index (χ0n) is 10.3. The Balaban J connectivity index is 2.24. The summed E-state index contributed by atoms with van der Waals surface area (Å²) in [5.41, 5.74) is 1.26. The Kier molecular flexibility index (Phi) is 3.66. The third-order valence-corrected chi connectivity index (χ3v) is 2.93. The number of anilines is 1. The van der Waals surface area contributed by atoms with Crippen molar-refractivity contribution in [3.8, 4) is 0 Å². The van der Waals surface area contributed by atoms with E-state index in [1.807, 2.05) is 0 Å². The van der Waals surface area contributed by atoms with E-state index in [1.165, 1.54) is 17.1 Å². The van der Waals surface area contributed by atoms with Crippen LogP contribution in [-0.2, 0) is 4.79 Å². The van der Waals surface area contributed by atoms with Gasteiger partial charge in [-0.1, -0.05) is 25.4 Å². The standard InChI is InChI=1S/C13H14ClFN2O/c1-8(2)5-9-6-13(18)17(16-9)10-3-4-11(14)12(15)7-10/h3-4,7-8H,5-6H2,1-2H3. The van der Waals surface area contributed by atoms with Crippen LogP contribution in [0.3, 0.4) is 0 Å². The number of carbonyl (C=O) groups is 1. The van der Waals surface area contributed by atoms with Crippen molar-refractivity contribution in [3.05, 3.63) is 29.0 Å². The molecular formula is C13H14ClFN2O. The van der Waals surface area contributed by atoms with Crippen LogP contribution in [0.15, 0.2) is 23.3 Å². The molecule has 0 bridgehead atoms. The van der Waals surface area contributed by atoms with Gasteiger partial charge in [0.1, 0.15) is 5.82 Å². The lowest BCUT2D eigenvalue weighted by Crippen LogP contribution is -2.19. The third-order valence-electron chi connectivity index (χ3n) is 2.62. The van der Waals surface area contributed by atoms with Gasteiger partial charge in [0.05, 0.1) is 17.1 Å². The number of hydrogen-bond acceptors (Lipinski definition) is 2. The molecule has 96 valence electrons. The molecule has 0 saturated heterocycles. The molecule has 0 aromatic heterocycles. The second kappa shape index (κ2) is 5.06. The van der Waals surface area contributed by atoms with Crippen LogP contribution in [0, 0.1) is 11.7 Å². The van der Waals surface area contributed by atoms with Gasteiger partial charge in [-0.15, -0.1) is 0 Å². The number of hydrazone groups is 1. The van der Waals surface area contributed by atoms with Gasteiger partial charge in [-0.3, -0.25) is 4.79 Å². The monoisotopic (exact) mass is 268 g/mol. The van der Waals surface area contributed by atoms with Gasteiger partial charge in [0.15, 0.2) is 0 Å². The number of halogens is 2. The minimum Gasteiger partial charge on any atom is -0.272 e. The Morgan fingerprint density at radius 1 is 1.50 bits per heavy atom. The first-order valence-corrected chi connectivity index (χ1v) is 6.19. The predicted octanol–water partition coefficient (Wildman–Crippen LogP) is 3.62. The largest absolute Gasteiger partial charge is 0.272 e. The van der Waals surface area contributed by atoms with Crippen molar-refractivity contribution < 1.29 is 9.18 Å². The molecule has 1 aliphatic rings. The molecule has 1 aromatic carbocycles. The van der Waals surface area contributed by atoms with Crippen LogP contribution in [0.2, 0.25) is 5.02 Å². The van der Waals surface area contributed by atoms with E-state index < -0.39 is 5.82 Å². The number of rotatable bonds is 3. The minimum absolute atomic E-state index is 0.0387. The summed E-state index contributed by atoms with van der Waals surface area (Å²) in [5, 5.41) is 5.53. The maximum atomic E-state index is 13.3. The molecule has 0 saturated carbocycles. The zero-order chi connectivity index (χ0) is 13.3. The first kappa shape index (κ1) is 13.0. The number of hydrogen-bond donors (Lipinski definition) is 0. The highest BCUT2D eigenvalue weighted by molar-refractivity contribution is 6.30. The lowest BCUT2D eigenvalue weighted by atomic mass is 10.1. The topological polar surface area (TPSA) is 32.7 Å². The molecule has 3 nitrogen and oxygen atoms in total. The van der Waals surface area contributed by atoms with Gasteiger partial charge in [0.25, 0.3) is 5.91 Å². The molecule has 5 heteroatoms. The van der Waals surface area contributed by atoms with E-state index in [4.69, 9.17) is 11.6 Å². The van der Waals surface area contributed by atoms with Crippen molar-refractivity contribution in [1.29, 1.82) is 0 Å². The predicted molar refractivity (Wildman–Crippen MR) is 70.4 cm³/mol. The highest BCUT2D eigenvalue weighted by Crippen LogP contribution is 2.26. The molecule has 0 fully saturated rings. The van der Waals surface area contributed by atoms with E-state index in [2.05, 4.69) is 18.9 Å². The molecule has 1 amide bonds. The van der Waals surface area contributed by atoms with Gasteiger partial charge in [-0.25, -0.2) is 9.40 Å². The Labute approximate surface area is 110 Å². The first-order chi connectivity index (χ1) is 8.47. The molecule has 0 radical (unpaired) electrons. The smallest absolute Gasteiger partial charge is 0.253 e. The molecule has 1 aliphatic heterocycles. The molecule has 0 atom stereocenters. The van der Waals surface area contributed by atoms with Crippen molar-refractivity contribution in [2.24, 2.45) is 11.0 Å². The Morgan fingerprint density at radius 2 is 2.22 bits per heavy atom. The summed E-state index contributed by atoms with van der Waals surface area (Å²) >= 11 is 5.61. The van der Waals surface area contributed by atoms with Gasteiger partial charge in [0.2, 0.25) is 0 Å². The second-order valence-electron chi connectivity index (χ2n) is 4.74. The summed E-state index contributed by atoms with van der Waals surface area (Å²) < 4.78 is 13.3. The van der Waals surface area contributed by atoms with E-state index in [9.17, 15) is 9.18 Å². The minimum atomic E-state index is -0.547. The summed E-state index contributed by atoms with van der Waals surface area (Å²) in [5.74, 6) is -0.236. The average molecular weight is 269 g/mol. The van der Waals surface area contributed by atoms with Gasteiger partial charge in [-0.05, 0) is 24.5 Å². The molecular weight excluding hydrogens is 255 g/mol. The van der Waals surface area contributed by atoms with E-state index in [0.717, 1.165) is 12.1 Å². The number of carbonyl (C=O) groups excluding carboxylic acids is 1. The van der Waals surface area contributed by atoms with Crippen LogP contribution < -0.4 is 5.01 Å². The lowest BCUT2D eigenvalue weighted by molar-refractivity contribution is -0.116. The van der Waals surface area contributed by atoms with Crippen LogP contribution >= 0.6 is 11.6 Å². The molecule has 0 N–H and O–H groups in total. The maximum absolute atomic E-state index is 13.3. The second-order valence-corrected chi connectivity index (χ2v) is 5.15. The summed E-state index contributed by atoms with van der Waals surface area (Å²) in [4.78, 5) is 11.8. The van der Waals surface area contributed by atoms with Crippen LogP contribution in [-0.4, -0.2) is 11.6 Å². The molecule has 0 aliphatic carbocycles. The van der Waals surface area contributed by atoms with Gasteiger partial charge >= 0.3 is 0 Å². The summed E-state index contributed by atoms with van der Waals surface area (Å²) in [6.45, 7) is 4.13. The van der Waals surface area contributed by atoms with E-state index in [-0.39, 0.29) is 10.9 Å². The third kappa shape index (κ3) is 2.70. The summed E-state index contributed by atoms with van der Waals surface area (Å²) in [6.07, 6.45) is 1.08. The van der Waals surface area contributed by atoms with Crippen molar-refractivity contribution in [2.75, 3.05) is 5.01 Å². The Morgan fingerprint density at radius 3 is 2.83 bits per heavy atom. The lowest BCUT2D eigenvalue weighted by Gasteiger charge is -2.11. The number of amides is 1. The molecule has 1 aromatic rings. The van der Waals surface area contributed by atoms with Crippen molar-refractivity contribution in [2.45, 2.75) is 26.7 Å². The summed E-state index contributed by atoms with van der Waals surface area (Å²) in [7, 11) is 0.